The summed E-state index contributed by atoms with van der Waals surface area (Å²) in [6.07, 6.45) is -0.0372. The van der Waals surface area contributed by atoms with Gasteiger partial charge in [-0.3, -0.25) is 4.55 Å². The van der Waals surface area contributed by atoms with E-state index in [1.807, 2.05) is 6.92 Å². The molecule has 7 nitrogen and oxygen atoms in total. The van der Waals surface area contributed by atoms with Gasteiger partial charge in [-0.05, 0) is 55.3 Å². The molecule has 2 aromatic rings. The maximum Gasteiger partial charge on any atom is 0.446 e. The summed E-state index contributed by atoms with van der Waals surface area (Å²) in [5, 5.41) is 22.8. The summed E-state index contributed by atoms with van der Waals surface area (Å²) < 4.78 is 34.2. The molecule has 0 aromatic heterocycles. The minimum atomic E-state index is -4.51. The molecule has 136 valence electrons. The topological polar surface area (TPSA) is 116 Å². The van der Waals surface area contributed by atoms with Crippen LogP contribution in [0.3, 0.4) is 0 Å². The third-order valence-electron chi connectivity index (χ3n) is 3.71. The highest BCUT2D eigenvalue weighted by Crippen LogP contribution is 2.19. The molecule has 0 aliphatic rings. The first-order chi connectivity index (χ1) is 11.7. The van der Waals surface area contributed by atoms with Gasteiger partial charge in [-0.25, -0.2) is 0 Å². The first-order valence-corrected chi connectivity index (χ1v) is 9.07. The van der Waals surface area contributed by atoms with Crippen molar-refractivity contribution in [2.75, 3.05) is 6.54 Å². The quantitative estimate of drug-likeness (QED) is 0.526. The van der Waals surface area contributed by atoms with E-state index < -0.39 is 16.5 Å². The monoisotopic (exact) mass is 367 g/mol. The molecule has 25 heavy (non-hydrogen) atoms. The van der Waals surface area contributed by atoms with Crippen LogP contribution in [0.1, 0.15) is 24.2 Å². The lowest BCUT2D eigenvalue weighted by atomic mass is 10.0. The average Bonchev–Trinajstić information content (AvgIpc) is 2.55. The zero-order valence-corrected chi connectivity index (χ0v) is 14.5. The second-order valence-corrected chi connectivity index (χ2v) is 6.71. The molecule has 2 aromatic carbocycles. The van der Waals surface area contributed by atoms with Crippen molar-refractivity contribution in [2.45, 2.75) is 25.5 Å². The van der Waals surface area contributed by atoms with Gasteiger partial charge < -0.3 is 19.7 Å². The number of phenolic OH excluding ortho intramolecular Hbond substituents is 1. The van der Waals surface area contributed by atoms with Gasteiger partial charge in [0.2, 0.25) is 0 Å². The standard InChI is InChI=1S/C17H21NO6S/c1-12(17(20)14-4-6-15(19)7-5-14)18-11-10-13-2-8-16(9-3-13)24-25(21,22)23/h2-9,12,17-20H,10-11H2,1H3,(H,21,22,23). The van der Waals surface area contributed by atoms with Crippen molar-refractivity contribution in [2.24, 2.45) is 0 Å². The highest BCUT2D eigenvalue weighted by atomic mass is 32.3. The SMILES string of the molecule is CC(NCCc1ccc(OS(=O)(=O)O)cc1)C(O)c1ccc(O)cc1. The maximum atomic E-state index is 10.6. The van der Waals surface area contributed by atoms with Crippen LogP contribution in [0.25, 0.3) is 0 Å². The second kappa shape index (κ2) is 8.30. The minimum absolute atomic E-state index is 0.0373. The lowest BCUT2D eigenvalue weighted by Crippen LogP contribution is -2.33. The van der Waals surface area contributed by atoms with E-state index in [1.54, 1.807) is 24.3 Å². The average molecular weight is 367 g/mol. The second-order valence-electron chi connectivity index (χ2n) is 5.68. The summed E-state index contributed by atoms with van der Waals surface area (Å²) in [6.45, 7) is 2.47. The summed E-state index contributed by atoms with van der Waals surface area (Å²) >= 11 is 0. The van der Waals surface area contributed by atoms with Crippen LogP contribution in [0.2, 0.25) is 0 Å². The summed E-state index contributed by atoms with van der Waals surface area (Å²) in [7, 11) is -4.51. The van der Waals surface area contributed by atoms with Crippen LogP contribution >= 0.6 is 0 Å². The van der Waals surface area contributed by atoms with Gasteiger partial charge in [0.1, 0.15) is 11.5 Å². The van der Waals surface area contributed by atoms with Crippen LogP contribution < -0.4 is 9.50 Å². The molecule has 2 rings (SSSR count). The van der Waals surface area contributed by atoms with Crippen LogP contribution in [-0.2, 0) is 16.8 Å². The number of hydrogen-bond acceptors (Lipinski definition) is 6. The Morgan fingerprint density at radius 2 is 1.68 bits per heavy atom. The van der Waals surface area contributed by atoms with Crippen LogP contribution in [0.4, 0.5) is 0 Å². The number of hydrogen-bond donors (Lipinski definition) is 4. The van der Waals surface area contributed by atoms with Crippen molar-refractivity contribution >= 4 is 10.4 Å². The number of aliphatic hydroxyl groups excluding tert-OH is 1. The van der Waals surface area contributed by atoms with Crippen LogP contribution in [0.15, 0.2) is 48.5 Å². The number of nitrogens with one attached hydrogen (secondary N) is 1. The Labute approximate surface area is 146 Å². The van der Waals surface area contributed by atoms with Crippen LogP contribution in [0, 0.1) is 0 Å². The zero-order valence-electron chi connectivity index (χ0n) is 13.7. The minimum Gasteiger partial charge on any atom is -0.508 e. The third kappa shape index (κ3) is 6.35. The van der Waals surface area contributed by atoms with Gasteiger partial charge in [0.05, 0.1) is 6.10 Å². The smallest absolute Gasteiger partial charge is 0.446 e. The molecule has 0 aliphatic heterocycles. The van der Waals surface area contributed by atoms with Gasteiger partial charge in [0.25, 0.3) is 0 Å². The van der Waals surface area contributed by atoms with E-state index in [0.29, 0.717) is 18.5 Å². The summed E-state index contributed by atoms with van der Waals surface area (Å²) in [5.74, 6) is 0.188. The fourth-order valence-corrected chi connectivity index (χ4v) is 2.70. The van der Waals surface area contributed by atoms with Crippen LogP contribution in [-0.4, -0.2) is 35.8 Å². The molecule has 2 unspecified atom stereocenters. The third-order valence-corrected chi connectivity index (χ3v) is 4.12. The molecule has 0 aliphatic carbocycles. The Morgan fingerprint density at radius 1 is 1.08 bits per heavy atom. The first-order valence-electron chi connectivity index (χ1n) is 7.71. The zero-order chi connectivity index (χ0) is 18.4. The normalized spacial score (nSPS) is 14.0. The lowest BCUT2D eigenvalue weighted by molar-refractivity contribution is 0.136. The molecule has 4 N–H and O–H groups in total. The Morgan fingerprint density at radius 3 is 2.24 bits per heavy atom. The van der Waals surface area contributed by atoms with Gasteiger partial charge in [0, 0.05) is 6.04 Å². The van der Waals surface area contributed by atoms with Gasteiger partial charge in [-0.1, -0.05) is 24.3 Å². The lowest BCUT2D eigenvalue weighted by Gasteiger charge is -2.20. The molecule has 0 spiro atoms. The Hall–Kier alpha value is -2.13. The molecule has 0 amide bonds. The molecule has 2 atom stereocenters. The van der Waals surface area contributed by atoms with Gasteiger partial charge in [0.15, 0.2) is 0 Å². The number of benzene rings is 2. The molecule has 8 heteroatoms. The molecule has 0 bridgehead atoms. The highest BCUT2D eigenvalue weighted by molar-refractivity contribution is 7.81. The number of aromatic hydroxyl groups is 1. The van der Waals surface area contributed by atoms with Crippen molar-refractivity contribution < 1.29 is 27.4 Å². The van der Waals surface area contributed by atoms with Crippen molar-refractivity contribution in [3.8, 4) is 11.5 Å². The Kier molecular flexibility index (Phi) is 6.38. The van der Waals surface area contributed by atoms with Crippen LogP contribution in [0.5, 0.6) is 11.5 Å². The van der Waals surface area contributed by atoms with Gasteiger partial charge in [-0.2, -0.15) is 8.42 Å². The fraction of sp³-hybridized carbons (Fsp3) is 0.294. The largest absolute Gasteiger partial charge is 0.508 e. The number of aliphatic hydroxyl groups is 1. The number of rotatable bonds is 8. The molecule has 0 saturated carbocycles. The van der Waals surface area contributed by atoms with E-state index in [0.717, 1.165) is 5.56 Å². The van der Waals surface area contributed by atoms with E-state index in [1.165, 1.54) is 24.3 Å². The summed E-state index contributed by atoms with van der Waals surface area (Å²) in [6, 6.07) is 12.5. The first kappa shape index (κ1) is 19.2. The molecule has 0 saturated heterocycles. The Bertz CT molecular complexity index is 774. The fourth-order valence-electron chi connectivity index (χ4n) is 2.35. The van der Waals surface area contributed by atoms with E-state index in [4.69, 9.17) is 4.55 Å². The van der Waals surface area contributed by atoms with Gasteiger partial charge >= 0.3 is 10.4 Å². The molecular weight excluding hydrogens is 346 g/mol. The predicted molar refractivity (Wildman–Crippen MR) is 92.9 cm³/mol. The van der Waals surface area contributed by atoms with Crippen molar-refractivity contribution in [3.05, 3.63) is 59.7 Å². The van der Waals surface area contributed by atoms with Crippen molar-refractivity contribution in [3.63, 3.8) is 0 Å². The molecular formula is C17H21NO6S. The molecule has 0 radical (unpaired) electrons. The van der Waals surface area contributed by atoms with E-state index in [-0.39, 0.29) is 17.5 Å². The summed E-state index contributed by atoms with van der Waals surface area (Å²) in [4.78, 5) is 0. The van der Waals surface area contributed by atoms with Gasteiger partial charge in [-0.15, -0.1) is 0 Å². The molecule has 0 fully saturated rings. The maximum absolute atomic E-state index is 10.6. The molecule has 0 heterocycles. The van der Waals surface area contributed by atoms with E-state index in [2.05, 4.69) is 9.50 Å². The summed E-state index contributed by atoms with van der Waals surface area (Å²) in [5.41, 5.74) is 1.66. The predicted octanol–water partition coefficient (Wildman–Crippen LogP) is 1.83. The number of phenols is 1. The Balaban J connectivity index is 1.82. The van der Waals surface area contributed by atoms with Crippen molar-refractivity contribution in [1.29, 1.82) is 0 Å². The van der Waals surface area contributed by atoms with Crippen molar-refractivity contribution in [1.82, 2.24) is 5.32 Å². The van der Waals surface area contributed by atoms with E-state index in [9.17, 15) is 18.6 Å². The highest BCUT2D eigenvalue weighted by Gasteiger charge is 2.15. The van der Waals surface area contributed by atoms with E-state index >= 15 is 0 Å².